The molecule has 1 aromatic heterocycles. The van der Waals surface area contributed by atoms with Gasteiger partial charge in [-0.05, 0) is 79.9 Å². The predicted octanol–water partition coefficient (Wildman–Crippen LogP) is 4.79. The molecule has 4 rings (SSSR count). The third-order valence-corrected chi connectivity index (χ3v) is 9.27. The van der Waals surface area contributed by atoms with Crippen LogP contribution in [0, 0.1) is 13.8 Å². The molecular weight excluding hydrogens is 470 g/mol. The molecule has 0 spiro atoms. The minimum atomic E-state index is -4.03. The molecule has 2 aromatic carbocycles. The average Bonchev–Trinajstić information content (AvgIpc) is 3.19. The number of ether oxygens (including phenoxy) is 1. The summed E-state index contributed by atoms with van der Waals surface area (Å²) in [7, 11) is -2.52. The van der Waals surface area contributed by atoms with Gasteiger partial charge in [-0.15, -0.1) is 11.3 Å². The van der Waals surface area contributed by atoms with E-state index < -0.39 is 28.0 Å². The molecule has 6 nitrogen and oxygen atoms in total. The van der Waals surface area contributed by atoms with E-state index in [1.807, 2.05) is 25.3 Å². The fourth-order valence-electron chi connectivity index (χ4n) is 4.90. The highest BCUT2D eigenvalue weighted by atomic mass is 32.2. The maximum absolute atomic E-state index is 13.7. The van der Waals surface area contributed by atoms with Gasteiger partial charge in [-0.25, -0.2) is 8.42 Å². The van der Waals surface area contributed by atoms with Crippen LogP contribution >= 0.6 is 11.3 Å². The second-order valence-electron chi connectivity index (χ2n) is 8.76. The van der Waals surface area contributed by atoms with Crippen molar-refractivity contribution in [2.75, 3.05) is 13.7 Å². The van der Waals surface area contributed by atoms with E-state index in [9.17, 15) is 18.3 Å². The lowest BCUT2D eigenvalue weighted by molar-refractivity contribution is -0.142. The number of nitrogens with zero attached hydrogens (tertiary/aromatic N) is 1. The Kier molecular flexibility index (Phi) is 7.12. The molecule has 0 aliphatic carbocycles. The van der Waals surface area contributed by atoms with Gasteiger partial charge in [0.25, 0.3) is 0 Å². The number of benzene rings is 2. The van der Waals surface area contributed by atoms with Crippen LogP contribution in [0.5, 0.6) is 5.75 Å². The summed E-state index contributed by atoms with van der Waals surface area (Å²) in [6, 6.07) is 13.2. The number of carboxylic acids is 1. The van der Waals surface area contributed by atoms with Crippen LogP contribution < -0.4 is 4.74 Å². The molecule has 180 valence electrons. The molecule has 8 heteroatoms. The van der Waals surface area contributed by atoms with Crippen LogP contribution in [-0.2, 0) is 27.7 Å². The zero-order valence-electron chi connectivity index (χ0n) is 19.5. The van der Waals surface area contributed by atoms with Gasteiger partial charge in [-0.3, -0.25) is 4.79 Å². The van der Waals surface area contributed by atoms with Crippen molar-refractivity contribution in [2.45, 2.75) is 50.0 Å². The molecular formula is C26H29NO5S2. The summed E-state index contributed by atoms with van der Waals surface area (Å²) in [4.78, 5) is 13.8. The van der Waals surface area contributed by atoms with Gasteiger partial charge in [0.1, 0.15) is 11.8 Å². The van der Waals surface area contributed by atoms with Gasteiger partial charge in [-0.2, -0.15) is 4.31 Å². The molecule has 0 bridgehead atoms. The van der Waals surface area contributed by atoms with Crippen molar-refractivity contribution in [1.82, 2.24) is 4.31 Å². The molecule has 1 aliphatic rings. The highest BCUT2D eigenvalue weighted by molar-refractivity contribution is 7.89. The zero-order valence-corrected chi connectivity index (χ0v) is 21.2. The van der Waals surface area contributed by atoms with Gasteiger partial charge in [0.15, 0.2) is 0 Å². The van der Waals surface area contributed by atoms with E-state index in [0.717, 1.165) is 27.1 Å². The number of carbonyl (C=O) groups is 1. The van der Waals surface area contributed by atoms with Crippen molar-refractivity contribution in [1.29, 1.82) is 0 Å². The molecule has 2 atom stereocenters. The van der Waals surface area contributed by atoms with Gasteiger partial charge < -0.3 is 9.84 Å². The minimum absolute atomic E-state index is 0.0675. The van der Waals surface area contributed by atoms with Gasteiger partial charge >= 0.3 is 5.97 Å². The van der Waals surface area contributed by atoms with E-state index >= 15 is 0 Å². The van der Waals surface area contributed by atoms with Crippen molar-refractivity contribution >= 4 is 27.3 Å². The van der Waals surface area contributed by atoms with Gasteiger partial charge in [0.2, 0.25) is 10.0 Å². The topological polar surface area (TPSA) is 83.9 Å². The Hall–Kier alpha value is -2.68. The zero-order chi connectivity index (χ0) is 24.5. The minimum Gasteiger partial charge on any atom is -0.497 e. The van der Waals surface area contributed by atoms with E-state index in [1.54, 1.807) is 23.5 Å². The molecule has 0 radical (unpaired) electrons. The number of rotatable bonds is 7. The quantitative estimate of drug-likeness (QED) is 0.505. The Bertz CT molecular complexity index is 1260. The van der Waals surface area contributed by atoms with Crippen molar-refractivity contribution in [3.8, 4) is 5.75 Å². The first kappa shape index (κ1) is 24.4. The average molecular weight is 500 g/mol. The number of sulfonamides is 1. The summed E-state index contributed by atoms with van der Waals surface area (Å²) < 4.78 is 33.7. The molecule has 34 heavy (non-hydrogen) atoms. The van der Waals surface area contributed by atoms with Crippen LogP contribution in [0.15, 0.2) is 58.8 Å². The third kappa shape index (κ3) is 4.89. The van der Waals surface area contributed by atoms with Gasteiger partial charge in [0, 0.05) is 17.3 Å². The summed E-state index contributed by atoms with van der Waals surface area (Å²) in [5, 5.41) is 12.3. The highest BCUT2D eigenvalue weighted by Gasteiger charge is 2.44. The van der Waals surface area contributed by atoms with Gasteiger partial charge in [0.05, 0.1) is 12.0 Å². The number of aliphatic carboxylic acids is 1. The standard InChI is InChI=1S/C26H29NO5S2/c1-17-14-18(2)16-19(15-17)4-9-23-22-11-13-33-24(22)10-12-27(25(23)26(28)29)34(30,31)21-7-5-20(32-3)6-8-21/h5-8,11,13-16,23,25H,4,9-10,12H2,1-3H3,(H,28,29)/t23-,25-/m0/s1. The molecule has 2 heterocycles. The van der Waals surface area contributed by atoms with Crippen LogP contribution in [0.25, 0.3) is 0 Å². The lowest BCUT2D eigenvalue weighted by Gasteiger charge is -2.31. The third-order valence-electron chi connectivity index (χ3n) is 6.37. The largest absolute Gasteiger partial charge is 0.497 e. The maximum atomic E-state index is 13.7. The number of hydrogen-bond acceptors (Lipinski definition) is 5. The van der Waals surface area contributed by atoms with Crippen LogP contribution in [0.1, 0.15) is 39.5 Å². The number of hydrogen-bond donors (Lipinski definition) is 1. The lowest BCUT2D eigenvalue weighted by atomic mass is 9.86. The Balaban J connectivity index is 1.72. The lowest BCUT2D eigenvalue weighted by Crippen LogP contribution is -2.48. The van der Waals surface area contributed by atoms with Crippen LogP contribution in [0.2, 0.25) is 0 Å². The normalized spacial score (nSPS) is 18.8. The van der Waals surface area contributed by atoms with Crippen molar-refractivity contribution in [3.63, 3.8) is 0 Å². The summed E-state index contributed by atoms with van der Waals surface area (Å²) in [5.41, 5.74) is 4.40. The van der Waals surface area contributed by atoms with Crippen molar-refractivity contribution in [3.05, 3.63) is 81.0 Å². The van der Waals surface area contributed by atoms with E-state index in [2.05, 4.69) is 18.2 Å². The Morgan fingerprint density at radius 2 is 1.79 bits per heavy atom. The van der Waals surface area contributed by atoms with Crippen LogP contribution in [0.3, 0.4) is 0 Å². The molecule has 1 aliphatic heterocycles. The predicted molar refractivity (Wildman–Crippen MR) is 133 cm³/mol. The molecule has 0 unspecified atom stereocenters. The fourth-order valence-corrected chi connectivity index (χ4v) is 7.46. The summed E-state index contributed by atoms with van der Waals surface area (Å²) in [6.45, 7) is 4.21. The van der Waals surface area contributed by atoms with E-state index in [-0.39, 0.29) is 11.4 Å². The second-order valence-corrected chi connectivity index (χ2v) is 11.7. The monoisotopic (exact) mass is 499 g/mol. The number of thiophene rings is 1. The van der Waals surface area contributed by atoms with Crippen LogP contribution in [0.4, 0.5) is 0 Å². The first-order valence-corrected chi connectivity index (χ1v) is 13.5. The first-order valence-electron chi connectivity index (χ1n) is 11.2. The molecule has 0 amide bonds. The summed E-state index contributed by atoms with van der Waals surface area (Å²) in [5.74, 6) is -1.03. The number of aryl methyl sites for hydroxylation is 3. The highest BCUT2D eigenvalue weighted by Crippen LogP contribution is 2.39. The molecule has 1 N–H and O–H groups in total. The summed E-state index contributed by atoms with van der Waals surface area (Å²) >= 11 is 1.57. The molecule has 0 saturated carbocycles. The molecule has 3 aromatic rings. The Labute approximate surface area is 204 Å². The van der Waals surface area contributed by atoms with Crippen LogP contribution in [-0.4, -0.2) is 43.5 Å². The second kappa shape index (κ2) is 9.90. The SMILES string of the molecule is COc1ccc(S(=O)(=O)N2CCc3sccc3[C@H](CCc3cc(C)cc(C)c3)[C@H]2C(=O)O)cc1. The molecule has 0 fully saturated rings. The fraction of sp³-hybridized carbons (Fsp3) is 0.346. The number of methoxy groups -OCH3 is 1. The Morgan fingerprint density at radius 1 is 1.12 bits per heavy atom. The van der Waals surface area contributed by atoms with Crippen molar-refractivity contribution in [2.24, 2.45) is 0 Å². The number of fused-ring (bicyclic) bond motifs is 1. The van der Waals surface area contributed by atoms with Crippen molar-refractivity contribution < 1.29 is 23.1 Å². The van der Waals surface area contributed by atoms with Gasteiger partial charge in [-0.1, -0.05) is 29.3 Å². The maximum Gasteiger partial charge on any atom is 0.322 e. The number of carboxylic acid groups (broad SMARTS) is 1. The van der Waals surface area contributed by atoms with E-state index in [0.29, 0.717) is 25.0 Å². The molecule has 0 saturated heterocycles. The first-order chi connectivity index (χ1) is 16.2. The smallest absolute Gasteiger partial charge is 0.322 e. The summed E-state index contributed by atoms with van der Waals surface area (Å²) in [6.07, 6.45) is 1.70. The Morgan fingerprint density at radius 3 is 2.41 bits per heavy atom. The van der Waals surface area contributed by atoms with E-state index in [1.165, 1.54) is 23.5 Å². The van der Waals surface area contributed by atoms with E-state index in [4.69, 9.17) is 4.74 Å².